The van der Waals surface area contributed by atoms with Crippen LogP contribution in [0, 0.1) is 5.92 Å². The summed E-state index contributed by atoms with van der Waals surface area (Å²) < 4.78 is 66.7. The molecule has 2 saturated heterocycles. The highest BCUT2D eigenvalue weighted by molar-refractivity contribution is 7.89. The Morgan fingerprint density at radius 1 is 1.09 bits per heavy atom. The van der Waals surface area contributed by atoms with Crippen molar-refractivity contribution in [2.24, 2.45) is 5.92 Å². The third-order valence-electron chi connectivity index (χ3n) is 6.39. The molecule has 2 aliphatic heterocycles. The largest absolute Gasteiger partial charge is 0.433 e. The van der Waals surface area contributed by atoms with Gasteiger partial charge in [-0.3, -0.25) is 4.79 Å². The van der Waals surface area contributed by atoms with Crippen LogP contribution in [0.25, 0.3) is 10.9 Å². The van der Waals surface area contributed by atoms with Gasteiger partial charge in [0.05, 0.1) is 11.4 Å². The minimum Gasteiger partial charge on any atom is -0.367 e. The molecule has 14 heteroatoms. The second kappa shape index (κ2) is 8.75. The number of aromatic nitrogens is 4. The molecule has 186 valence electrons. The lowest BCUT2D eigenvalue weighted by atomic mass is 10.1. The Labute approximate surface area is 198 Å². The maximum atomic E-state index is 13.4. The highest BCUT2D eigenvalue weighted by Crippen LogP contribution is 2.35. The standard InChI is InChI=1S/C21H22F3N7O3S/c22-21(23,24)18-11-17(15-3-1-2-4-16(15)27-18)29-7-9-30(10-8-29)19(32)14-5-6-31(12-14)35(33,34)20-25-13-26-28-20/h1-4,11,13-14H,5-10,12H2,(H,25,26,28)/t14-/m0/s1. The smallest absolute Gasteiger partial charge is 0.367 e. The molecule has 2 aromatic heterocycles. The molecular formula is C21H22F3N7O3S. The molecule has 2 fully saturated rings. The van der Waals surface area contributed by atoms with E-state index in [0.717, 1.165) is 12.4 Å². The topological polar surface area (TPSA) is 115 Å². The number of para-hydroxylation sites is 1. The molecule has 1 amide bonds. The average molecular weight is 510 g/mol. The van der Waals surface area contributed by atoms with Crippen molar-refractivity contribution in [1.29, 1.82) is 0 Å². The number of hydrogen-bond acceptors (Lipinski definition) is 7. The molecule has 0 unspecified atom stereocenters. The average Bonchev–Trinajstić information content (AvgIpc) is 3.56. The van der Waals surface area contributed by atoms with Crippen LogP contribution in [-0.4, -0.2) is 83.0 Å². The van der Waals surface area contributed by atoms with Crippen molar-refractivity contribution in [2.75, 3.05) is 44.2 Å². The number of hydrogen-bond donors (Lipinski definition) is 1. The number of H-pyrrole nitrogens is 1. The first-order valence-corrected chi connectivity index (χ1v) is 12.4. The highest BCUT2D eigenvalue weighted by Gasteiger charge is 2.39. The number of amides is 1. The number of aromatic amines is 1. The van der Waals surface area contributed by atoms with Gasteiger partial charge in [-0.15, -0.1) is 0 Å². The summed E-state index contributed by atoms with van der Waals surface area (Å²) in [4.78, 5) is 24.0. The van der Waals surface area contributed by atoms with E-state index >= 15 is 0 Å². The van der Waals surface area contributed by atoms with Crippen molar-refractivity contribution >= 4 is 32.5 Å². The van der Waals surface area contributed by atoms with Crippen molar-refractivity contribution in [2.45, 2.75) is 17.8 Å². The monoisotopic (exact) mass is 509 g/mol. The summed E-state index contributed by atoms with van der Waals surface area (Å²) in [7, 11) is -3.85. The summed E-state index contributed by atoms with van der Waals surface area (Å²) >= 11 is 0. The van der Waals surface area contributed by atoms with Crippen LogP contribution in [0.4, 0.5) is 18.9 Å². The van der Waals surface area contributed by atoms with Crippen molar-refractivity contribution in [3.63, 3.8) is 0 Å². The van der Waals surface area contributed by atoms with E-state index in [1.165, 1.54) is 4.31 Å². The first-order valence-electron chi connectivity index (χ1n) is 11.0. The van der Waals surface area contributed by atoms with Crippen LogP contribution in [0.3, 0.4) is 0 Å². The lowest BCUT2D eigenvalue weighted by Gasteiger charge is -2.37. The summed E-state index contributed by atoms with van der Waals surface area (Å²) in [6, 6.07) is 7.73. The van der Waals surface area contributed by atoms with Crippen LogP contribution in [0.2, 0.25) is 0 Å². The van der Waals surface area contributed by atoms with Gasteiger partial charge < -0.3 is 9.80 Å². The fourth-order valence-corrected chi connectivity index (χ4v) is 5.89. The Bertz CT molecular complexity index is 1340. The quantitative estimate of drug-likeness (QED) is 0.570. The van der Waals surface area contributed by atoms with Crippen molar-refractivity contribution in [3.8, 4) is 0 Å². The first kappa shape index (κ1) is 23.5. The van der Waals surface area contributed by atoms with E-state index in [1.54, 1.807) is 29.2 Å². The highest BCUT2D eigenvalue weighted by atomic mass is 32.2. The number of carbonyl (C=O) groups excluding carboxylic acids is 1. The SMILES string of the molecule is O=C([C@H]1CCN(S(=O)(=O)c2ncn[nH]2)C1)N1CCN(c2cc(C(F)(F)F)nc3ccccc23)CC1. The number of nitrogens with zero attached hydrogens (tertiary/aromatic N) is 6. The van der Waals surface area contributed by atoms with Gasteiger partial charge in [0.1, 0.15) is 12.0 Å². The molecule has 2 aliphatic rings. The minimum absolute atomic E-state index is 0.0476. The van der Waals surface area contributed by atoms with Gasteiger partial charge >= 0.3 is 6.18 Å². The van der Waals surface area contributed by atoms with Crippen LogP contribution >= 0.6 is 0 Å². The zero-order chi connectivity index (χ0) is 24.8. The van der Waals surface area contributed by atoms with Gasteiger partial charge in [-0.25, -0.2) is 23.5 Å². The Balaban J connectivity index is 1.27. The molecule has 10 nitrogen and oxygen atoms in total. The molecule has 35 heavy (non-hydrogen) atoms. The van der Waals surface area contributed by atoms with Crippen LogP contribution in [0.15, 0.2) is 41.8 Å². The molecule has 0 radical (unpaired) electrons. The predicted octanol–water partition coefficient (Wildman–Crippen LogP) is 1.73. The van der Waals surface area contributed by atoms with Crippen LogP contribution in [0.5, 0.6) is 0 Å². The second-order valence-electron chi connectivity index (χ2n) is 8.49. The molecule has 1 N–H and O–H groups in total. The molecule has 1 atom stereocenters. The molecule has 0 spiro atoms. The Hall–Kier alpha value is -3.26. The number of benzene rings is 1. The first-order chi connectivity index (χ1) is 16.6. The van der Waals surface area contributed by atoms with E-state index in [2.05, 4.69) is 20.2 Å². The van der Waals surface area contributed by atoms with Crippen molar-refractivity contribution in [3.05, 3.63) is 42.4 Å². The number of nitrogens with one attached hydrogen (secondary N) is 1. The number of pyridine rings is 1. The van der Waals surface area contributed by atoms with Crippen molar-refractivity contribution in [1.82, 2.24) is 29.4 Å². The maximum absolute atomic E-state index is 13.4. The maximum Gasteiger partial charge on any atom is 0.433 e. The minimum atomic E-state index is -4.57. The van der Waals surface area contributed by atoms with Crippen molar-refractivity contribution < 1.29 is 26.4 Å². The lowest BCUT2D eigenvalue weighted by molar-refractivity contribution is -0.141. The van der Waals surface area contributed by atoms with Gasteiger partial charge in [0.25, 0.3) is 15.2 Å². The zero-order valence-corrected chi connectivity index (χ0v) is 19.3. The zero-order valence-electron chi connectivity index (χ0n) is 18.4. The fourth-order valence-electron chi connectivity index (χ4n) is 4.58. The normalized spacial score (nSPS) is 20.0. The van der Waals surface area contributed by atoms with E-state index in [-0.39, 0.29) is 29.7 Å². The number of piperazine rings is 1. The summed E-state index contributed by atoms with van der Waals surface area (Å²) in [6.07, 6.45) is -3.08. The van der Waals surface area contributed by atoms with E-state index < -0.39 is 27.8 Å². The number of rotatable bonds is 4. The molecule has 5 rings (SSSR count). The van der Waals surface area contributed by atoms with Gasteiger partial charge in [-0.05, 0) is 18.6 Å². The van der Waals surface area contributed by atoms with Gasteiger partial charge in [-0.1, -0.05) is 18.2 Å². The number of halogens is 3. The summed E-state index contributed by atoms with van der Waals surface area (Å²) in [5, 5.41) is 6.26. The predicted molar refractivity (Wildman–Crippen MR) is 119 cm³/mol. The van der Waals surface area contributed by atoms with Gasteiger partial charge in [0, 0.05) is 50.3 Å². The number of carbonyl (C=O) groups is 1. The molecule has 3 aromatic rings. The van der Waals surface area contributed by atoms with Gasteiger partial charge in [-0.2, -0.15) is 22.6 Å². The van der Waals surface area contributed by atoms with Gasteiger partial charge in [0.2, 0.25) is 5.91 Å². The van der Waals surface area contributed by atoms with E-state index in [0.29, 0.717) is 43.7 Å². The number of alkyl halides is 3. The molecule has 0 bridgehead atoms. The van der Waals surface area contributed by atoms with E-state index in [9.17, 15) is 26.4 Å². The Morgan fingerprint density at radius 2 is 1.83 bits per heavy atom. The van der Waals surface area contributed by atoms with Gasteiger partial charge in [0.15, 0.2) is 0 Å². The second-order valence-corrected chi connectivity index (χ2v) is 10.3. The fraction of sp³-hybridized carbons (Fsp3) is 0.429. The summed E-state index contributed by atoms with van der Waals surface area (Å²) in [5.41, 5.74) is -0.265. The van der Waals surface area contributed by atoms with Crippen LogP contribution in [-0.2, 0) is 21.0 Å². The molecule has 0 aliphatic carbocycles. The summed E-state index contributed by atoms with van der Waals surface area (Å²) in [5.74, 6) is -0.645. The van der Waals surface area contributed by atoms with E-state index in [1.807, 2.05) is 4.90 Å². The Kier molecular flexibility index (Phi) is 5.87. The number of sulfonamides is 1. The van der Waals surface area contributed by atoms with E-state index in [4.69, 9.17) is 0 Å². The molecule has 0 saturated carbocycles. The molecular weight excluding hydrogens is 487 g/mol. The number of anilines is 1. The lowest BCUT2D eigenvalue weighted by Crippen LogP contribution is -2.51. The van der Waals surface area contributed by atoms with Crippen LogP contribution in [0.1, 0.15) is 12.1 Å². The molecule has 4 heterocycles. The third kappa shape index (κ3) is 4.43. The summed E-state index contributed by atoms with van der Waals surface area (Å²) in [6.45, 7) is 1.59. The Morgan fingerprint density at radius 3 is 2.51 bits per heavy atom. The third-order valence-corrected chi connectivity index (χ3v) is 8.09. The molecule has 1 aromatic carbocycles. The van der Waals surface area contributed by atoms with Crippen LogP contribution < -0.4 is 4.90 Å². The number of fused-ring (bicyclic) bond motifs is 1.